The fourth-order valence-corrected chi connectivity index (χ4v) is 5.74. The molecule has 64 valence electrons. The Bertz CT molecular complexity index is 229. The van der Waals surface area contributed by atoms with Crippen LogP contribution in [0, 0.1) is 0 Å². The zero-order valence-corrected chi connectivity index (χ0v) is 9.43. The summed E-state index contributed by atoms with van der Waals surface area (Å²) in [7, 11) is 0. The third-order valence-corrected chi connectivity index (χ3v) is 6.26. The van der Waals surface area contributed by atoms with Gasteiger partial charge in [-0.25, -0.2) is 0 Å². The molecule has 1 aliphatic heterocycles. The van der Waals surface area contributed by atoms with Crippen LogP contribution in [-0.4, -0.2) is 26.5 Å². The van der Waals surface area contributed by atoms with Gasteiger partial charge < -0.3 is 0 Å². The van der Waals surface area contributed by atoms with Crippen molar-refractivity contribution in [3.05, 3.63) is 30.3 Å². The summed E-state index contributed by atoms with van der Waals surface area (Å²) in [6.07, 6.45) is 1.44. The third kappa shape index (κ3) is 2.29. The first kappa shape index (κ1) is 8.68. The number of hydrogen-bond donors (Lipinski definition) is 0. The van der Waals surface area contributed by atoms with Gasteiger partial charge in [0.15, 0.2) is 0 Å². The van der Waals surface area contributed by atoms with E-state index in [4.69, 9.17) is 0 Å². The van der Waals surface area contributed by atoms with E-state index >= 15 is 0 Å². The van der Waals surface area contributed by atoms with E-state index in [-0.39, 0.29) is 0 Å². The quantitative estimate of drug-likeness (QED) is 0.715. The van der Waals surface area contributed by atoms with Gasteiger partial charge in [0, 0.05) is 0 Å². The Labute approximate surface area is 84.3 Å². The molecule has 0 spiro atoms. The van der Waals surface area contributed by atoms with E-state index in [9.17, 15) is 0 Å². The summed E-state index contributed by atoms with van der Waals surface area (Å²) in [6.45, 7) is 0. The normalized spacial score (nSPS) is 22.8. The average Bonchev–Trinajstić information content (AvgIpc) is 2.59. The molecular weight excluding hydrogens is 231 g/mol. The summed E-state index contributed by atoms with van der Waals surface area (Å²) in [4.78, 5) is 1.00. The van der Waals surface area contributed by atoms with Crippen molar-refractivity contribution >= 4 is 31.2 Å². The third-order valence-electron chi connectivity index (χ3n) is 1.93. The van der Waals surface area contributed by atoms with Gasteiger partial charge in [0.25, 0.3) is 0 Å². The van der Waals surface area contributed by atoms with Crippen molar-refractivity contribution in [2.45, 2.75) is 11.2 Å². The van der Waals surface area contributed by atoms with Crippen molar-refractivity contribution in [1.29, 1.82) is 0 Å². The molecule has 1 fully saturated rings. The molecule has 1 aliphatic rings. The van der Waals surface area contributed by atoms with Crippen LogP contribution < -0.4 is 4.46 Å². The molecule has 0 saturated carbocycles. The maximum absolute atomic E-state index is 2.27. The van der Waals surface area contributed by atoms with Crippen molar-refractivity contribution in [3.8, 4) is 0 Å². The molecule has 1 saturated heterocycles. The molecule has 1 unspecified atom stereocenters. The van der Waals surface area contributed by atoms with Crippen LogP contribution in [0.15, 0.2) is 30.3 Å². The van der Waals surface area contributed by atoms with Crippen molar-refractivity contribution in [3.63, 3.8) is 0 Å². The predicted octanol–water partition coefficient (Wildman–Crippen LogP) is 1.94. The molecule has 1 heterocycles. The number of rotatable bonds is 2. The molecule has 1 atom stereocenters. The molecule has 12 heavy (non-hydrogen) atoms. The number of hydrogen-bond acceptors (Lipinski definition) is 1. The molecule has 0 aliphatic carbocycles. The van der Waals surface area contributed by atoms with E-state index in [1.54, 1.807) is 4.46 Å². The standard InChI is InChI=1S/C10H12SSe/c1-2-4-9(5-3-1)12-10-6-7-11-8-10/h1-5,10H,6-8H2. The summed E-state index contributed by atoms with van der Waals surface area (Å²) in [5.41, 5.74) is 0. The summed E-state index contributed by atoms with van der Waals surface area (Å²) in [5, 5.41) is 0. The molecule has 0 aromatic heterocycles. The van der Waals surface area contributed by atoms with Gasteiger partial charge in [-0.05, 0) is 0 Å². The fraction of sp³-hybridized carbons (Fsp3) is 0.400. The molecule has 1 aromatic rings. The second-order valence-electron chi connectivity index (χ2n) is 2.92. The van der Waals surface area contributed by atoms with Gasteiger partial charge in [0.1, 0.15) is 0 Å². The molecular formula is C10H12SSe. The predicted molar refractivity (Wildman–Crippen MR) is 57.5 cm³/mol. The second kappa shape index (κ2) is 4.36. The molecule has 2 heteroatoms. The van der Waals surface area contributed by atoms with Gasteiger partial charge in [-0.1, -0.05) is 0 Å². The molecule has 0 N–H and O–H groups in total. The van der Waals surface area contributed by atoms with Crippen LogP contribution in [0.1, 0.15) is 6.42 Å². The summed E-state index contributed by atoms with van der Waals surface area (Å²) in [5.74, 6) is 2.79. The van der Waals surface area contributed by atoms with Crippen LogP contribution in [0.5, 0.6) is 0 Å². The Hall–Kier alpha value is 0.0895. The SMILES string of the molecule is c1ccc([Se]C2CCSC2)cc1. The van der Waals surface area contributed by atoms with Crippen LogP contribution in [0.2, 0.25) is 4.82 Å². The van der Waals surface area contributed by atoms with E-state index in [0.717, 1.165) is 19.8 Å². The monoisotopic (exact) mass is 244 g/mol. The van der Waals surface area contributed by atoms with Gasteiger partial charge in [-0.2, -0.15) is 0 Å². The molecule has 0 radical (unpaired) electrons. The minimum atomic E-state index is 0.727. The van der Waals surface area contributed by atoms with Crippen molar-refractivity contribution in [1.82, 2.24) is 0 Å². The molecule has 1 aromatic carbocycles. The first-order valence-electron chi connectivity index (χ1n) is 4.24. The van der Waals surface area contributed by atoms with Gasteiger partial charge in [0.05, 0.1) is 0 Å². The maximum atomic E-state index is 2.27. The van der Waals surface area contributed by atoms with E-state index in [0.29, 0.717) is 0 Å². The Morgan fingerprint density at radius 2 is 2.08 bits per heavy atom. The van der Waals surface area contributed by atoms with Crippen LogP contribution >= 0.6 is 11.8 Å². The van der Waals surface area contributed by atoms with E-state index in [1.165, 1.54) is 17.9 Å². The van der Waals surface area contributed by atoms with Crippen LogP contribution in [0.25, 0.3) is 0 Å². The van der Waals surface area contributed by atoms with Gasteiger partial charge >= 0.3 is 84.3 Å². The van der Waals surface area contributed by atoms with E-state index < -0.39 is 0 Å². The van der Waals surface area contributed by atoms with Gasteiger partial charge in [-0.15, -0.1) is 0 Å². The van der Waals surface area contributed by atoms with Gasteiger partial charge in [-0.3, -0.25) is 0 Å². The number of benzene rings is 1. The average molecular weight is 243 g/mol. The van der Waals surface area contributed by atoms with Crippen LogP contribution in [0.3, 0.4) is 0 Å². The van der Waals surface area contributed by atoms with Crippen molar-refractivity contribution < 1.29 is 0 Å². The first-order valence-corrected chi connectivity index (χ1v) is 7.24. The van der Waals surface area contributed by atoms with Crippen LogP contribution in [0.4, 0.5) is 0 Å². The van der Waals surface area contributed by atoms with Crippen molar-refractivity contribution in [2.75, 3.05) is 11.5 Å². The zero-order valence-electron chi connectivity index (χ0n) is 6.90. The van der Waals surface area contributed by atoms with Gasteiger partial charge in [0.2, 0.25) is 0 Å². The number of thioether (sulfide) groups is 1. The Morgan fingerprint density at radius 3 is 2.75 bits per heavy atom. The molecule has 0 bridgehead atoms. The summed E-state index contributed by atoms with van der Waals surface area (Å²) >= 11 is 2.84. The fourth-order valence-electron chi connectivity index (χ4n) is 1.30. The van der Waals surface area contributed by atoms with E-state index in [1.807, 2.05) is 0 Å². The van der Waals surface area contributed by atoms with Crippen molar-refractivity contribution in [2.24, 2.45) is 0 Å². The zero-order chi connectivity index (χ0) is 8.23. The Kier molecular flexibility index (Phi) is 3.15. The first-order chi connectivity index (χ1) is 5.95. The molecule has 0 nitrogen and oxygen atoms in total. The Balaban J connectivity index is 1.94. The topological polar surface area (TPSA) is 0 Å². The second-order valence-corrected chi connectivity index (χ2v) is 6.95. The molecule has 0 amide bonds. The minimum absolute atomic E-state index is 0.727. The summed E-state index contributed by atoms with van der Waals surface area (Å²) < 4.78 is 1.57. The summed E-state index contributed by atoms with van der Waals surface area (Å²) in [6, 6.07) is 10.9. The molecule has 2 rings (SSSR count). The van der Waals surface area contributed by atoms with Crippen LogP contribution in [-0.2, 0) is 0 Å². The Morgan fingerprint density at radius 1 is 1.25 bits per heavy atom. The van der Waals surface area contributed by atoms with E-state index in [2.05, 4.69) is 42.1 Å².